The molecule has 1 fully saturated rings. The summed E-state index contributed by atoms with van der Waals surface area (Å²) >= 11 is 0. The molecule has 1 unspecified atom stereocenters. The van der Waals surface area contributed by atoms with Gasteiger partial charge < -0.3 is 10.0 Å². The van der Waals surface area contributed by atoms with Crippen LogP contribution in [0.2, 0.25) is 0 Å². The van der Waals surface area contributed by atoms with Crippen LogP contribution in [0.25, 0.3) is 11.1 Å². The number of carboxylic acid groups (broad SMARTS) is 1. The first-order chi connectivity index (χ1) is 17.3. The SMILES string of the molecule is O=C1CCC(N2Cc3c(F)cc(CN(C(=O)O)c4cc(-c5ccccc5)ccn4)cc3C2=O)C(=O)N1. The minimum Gasteiger partial charge on any atom is -0.465 e. The Labute approximate surface area is 205 Å². The van der Waals surface area contributed by atoms with E-state index in [9.17, 15) is 24.3 Å². The summed E-state index contributed by atoms with van der Waals surface area (Å²) in [5.74, 6) is -2.04. The van der Waals surface area contributed by atoms with Crippen LogP contribution < -0.4 is 10.2 Å². The van der Waals surface area contributed by atoms with E-state index in [1.165, 1.54) is 23.2 Å². The first-order valence-electron chi connectivity index (χ1n) is 11.3. The molecule has 3 heterocycles. The highest BCUT2D eigenvalue weighted by atomic mass is 19.1. The largest absolute Gasteiger partial charge is 0.465 e. The lowest BCUT2D eigenvalue weighted by Gasteiger charge is -2.29. The highest BCUT2D eigenvalue weighted by Gasteiger charge is 2.40. The fourth-order valence-corrected chi connectivity index (χ4v) is 4.57. The number of hydrogen-bond acceptors (Lipinski definition) is 5. The average molecular weight is 488 g/mol. The van der Waals surface area contributed by atoms with E-state index >= 15 is 4.39 Å². The zero-order chi connectivity index (χ0) is 25.4. The summed E-state index contributed by atoms with van der Waals surface area (Å²) in [4.78, 5) is 55.3. The number of rotatable bonds is 5. The predicted octanol–water partition coefficient (Wildman–Crippen LogP) is 3.33. The highest BCUT2D eigenvalue weighted by Crippen LogP contribution is 2.31. The van der Waals surface area contributed by atoms with Gasteiger partial charge in [-0.05, 0) is 47.4 Å². The van der Waals surface area contributed by atoms with Gasteiger partial charge in [-0.2, -0.15) is 0 Å². The molecule has 1 aromatic heterocycles. The van der Waals surface area contributed by atoms with E-state index in [4.69, 9.17) is 0 Å². The molecule has 5 rings (SSSR count). The number of amides is 4. The molecule has 0 saturated carbocycles. The third-order valence-electron chi connectivity index (χ3n) is 6.36. The van der Waals surface area contributed by atoms with Gasteiger partial charge in [0.05, 0.1) is 13.1 Å². The molecule has 1 atom stereocenters. The van der Waals surface area contributed by atoms with Crippen LogP contribution >= 0.6 is 0 Å². The second-order valence-corrected chi connectivity index (χ2v) is 8.64. The summed E-state index contributed by atoms with van der Waals surface area (Å²) in [7, 11) is 0. The number of aromatic nitrogens is 1. The quantitative estimate of drug-likeness (QED) is 0.532. The minimum absolute atomic E-state index is 0.0750. The van der Waals surface area contributed by atoms with Gasteiger partial charge in [0.25, 0.3) is 5.91 Å². The van der Waals surface area contributed by atoms with Gasteiger partial charge in [-0.1, -0.05) is 30.3 Å². The molecule has 36 heavy (non-hydrogen) atoms. The number of carbonyl (C=O) groups is 4. The van der Waals surface area contributed by atoms with Crippen molar-refractivity contribution < 1.29 is 28.7 Å². The molecular weight excluding hydrogens is 467 g/mol. The van der Waals surface area contributed by atoms with Crippen molar-refractivity contribution in [2.75, 3.05) is 4.90 Å². The number of pyridine rings is 1. The first kappa shape index (κ1) is 23.2. The van der Waals surface area contributed by atoms with Crippen LogP contribution in [0.4, 0.5) is 15.0 Å². The van der Waals surface area contributed by atoms with Crippen LogP contribution in [-0.2, 0) is 22.7 Å². The van der Waals surface area contributed by atoms with E-state index in [1.54, 1.807) is 12.1 Å². The molecule has 0 aliphatic carbocycles. The number of piperidine rings is 1. The summed E-state index contributed by atoms with van der Waals surface area (Å²) in [6.07, 6.45) is 0.463. The summed E-state index contributed by atoms with van der Waals surface area (Å²) < 4.78 is 15.0. The molecule has 1 saturated heterocycles. The molecule has 0 spiro atoms. The van der Waals surface area contributed by atoms with E-state index in [1.807, 2.05) is 30.3 Å². The molecule has 0 radical (unpaired) electrons. The van der Waals surface area contributed by atoms with Crippen LogP contribution in [0.1, 0.15) is 34.3 Å². The molecule has 0 bridgehead atoms. The first-order valence-corrected chi connectivity index (χ1v) is 11.3. The summed E-state index contributed by atoms with van der Waals surface area (Å²) in [5.41, 5.74) is 2.13. The Morgan fingerprint density at radius 3 is 2.61 bits per heavy atom. The Morgan fingerprint density at radius 1 is 1.11 bits per heavy atom. The zero-order valence-corrected chi connectivity index (χ0v) is 19.0. The van der Waals surface area contributed by atoms with Crippen molar-refractivity contribution in [3.05, 3.63) is 83.3 Å². The Bertz CT molecular complexity index is 1390. The minimum atomic E-state index is -1.29. The van der Waals surface area contributed by atoms with Gasteiger partial charge in [-0.15, -0.1) is 0 Å². The average Bonchev–Trinajstić information content (AvgIpc) is 3.19. The van der Waals surface area contributed by atoms with Crippen molar-refractivity contribution in [2.24, 2.45) is 0 Å². The van der Waals surface area contributed by atoms with Crippen LogP contribution in [0.5, 0.6) is 0 Å². The number of fused-ring (bicyclic) bond motifs is 1. The smallest absolute Gasteiger partial charge is 0.413 e. The molecule has 2 N–H and O–H groups in total. The maximum absolute atomic E-state index is 15.0. The Hall–Kier alpha value is -4.60. The number of halogens is 1. The molecule has 182 valence electrons. The van der Waals surface area contributed by atoms with Crippen LogP contribution in [0, 0.1) is 5.82 Å². The monoisotopic (exact) mass is 488 g/mol. The number of benzene rings is 2. The van der Waals surface area contributed by atoms with Crippen molar-refractivity contribution in [1.29, 1.82) is 0 Å². The molecule has 3 aromatic rings. The number of nitrogens with one attached hydrogen (secondary N) is 1. The lowest BCUT2D eigenvalue weighted by Crippen LogP contribution is -2.52. The zero-order valence-electron chi connectivity index (χ0n) is 19.0. The number of carbonyl (C=O) groups excluding carboxylic acids is 3. The molecule has 2 aliphatic heterocycles. The number of anilines is 1. The molecule has 9 nitrogen and oxygen atoms in total. The summed E-state index contributed by atoms with van der Waals surface area (Å²) in [5, 5.41) is 12.1. The summed E-state index contributed by atoms with van der Waals surface area (Å²) in [6.45, 7) is -0.341. The van der Waals surface area contributed by atoms with Crippen LogP contribution in [0.3, 0.4) is 0 Å². The van der Waals surface area contributed by atoms with Gasteiger partial charge in [0, 0.05) is 23.7 Å². The van der Waals surface area contributed by atoms with Gasteiger partial charge in [-0.3, -0.25) is 24.6 Å². The van der Waals surface area contributed by atoms with E-state index in [0.717, 1.165) is 16.0 Å². The summed E-state index contributed by atoms with van der Waals surface area (Å²) in [6, 6.07) is 14.5. The van der Waals surface area contributed by atoms with Gasteiger partial charge in [0.2, 0.25) is 11.8 Å². The number of nitrogens with zero attached hydrogens (tertiary/aromatic N) is 3. The predicted molar refractivity (Wildman–Crippen MR) is 126 cm³/mol. The Morgan fingerprint density at radius 2 is 1.89 bits per heavy atom. The third-order valence-corrected chi connectivity index (χ3v) is 6.36. The standard InChI is InChI=1S/C26H21FN4O5/c27-20-11-15(10-18-19(20)14-30(25(18)34)21-6-7-23(32)29-24(21)33)13-31(26(35)36)22-12-17(8-9-28-22)16-4-2-1-3-5-16/h1-5,8-12,21H,6-7,13-14H2,(H,35,36)(H,29,32,33). The van der Waals surface area contributed by atoms with Crippen molar-refractivity contribution in [3.63, 3.8) is 0 Å². The fraction of sp³-hybridized carbons (Fsp3) is 0.192. The van der Waals surface area contributed by atoms with E-state index in [-0.39, 0.29) is 48.4 Å². The van der Waals surface area contributed by atoms with Gasteiger partial charge in [0.15, 0.2) is 0 Å². The van der Waals surface area contributed by atoms with Crippen LogP contribution in [0.15, 0.2) is 60.8 Å². The molecule has 10 heteroatoms. The van der Waals surface area contributed by atoms with Gasteiger partial charge in [-0.25, -0.2) is 14.2 Å². The van der Waals surface area contributed by atoms with Crippen molar-refractivity contribution >= 4 is 29.6 Å². The molecule has 2 aliphatic rings. The second-order valence-electron chi connectivity index (χ2n) is 8.64. The molecule has 4 amide bonds. The van der Waals surface area contributed by atoms with E-state index in [0.29, 0.717) is 0 Å². The maximum atomic E-state index is 15.0. The molecule has 2 aromatic carbocycles. The van der Waals surface area contributed by atoms with Crippen molar-refractivity contribution in [1.82, 2.24) is 15.2 Å². The van der Waals surface area contributed by atoms with Gasteiger partial charge >= 0.3 is 6.09 Å². The second kappa shape index (κ2) is 9.21. The normalized spacial score (nSPS) is 17.1. The van der Waals surface area contributed by atoms with E-state index < -0.39 is 35.7 Å². The van der Waals surface area contributed by atoms with Crippen molar-refractivity contribution in [2.45, 2.75) is 32.0 Å². The van der Waals surface area contributed by atoms with E-state index in [2.05, 4.69) is 10.3 Å². The lowest BCUT2D eigenvalue weighted by molar-refractivity contribution is -0.136. The van der Waals surface area contributed by atoms with Gasteiger partial charge in [0.1, 0.15) is 17.7 Å². The third kappa shape index (κ3) is 4.28. The van der Waals surface area contributed by atoms with Crippen molar-refractivity contribution in [3.8, 4) is 11.1 Å². The molecular formula is C26H21FN4O5. The fourth-order valence-electron chi connectivity index (χ4n) is 4.57. The Balaban J connectivity index is 1.42. The maximum Gasteiger partial charge on any atom is 0.413 e. The van der Waals surface area contributed by atoms with Crippen LogP contribution in [-0.4, -0.2) is 44.8 Å². The topological polar surface area (TPSA) is 120 Å². The Kier molecular flexibility index (Phi) is 5.93. The number of hydrogen-bond donors (Lipinski definition) is 2. The highest BCUT2D eigenvalue weighted by molar-refractivity contribution is 6.05. The number of imide groups is 1. The lowest BCUT2D eigenvalue weighted by atomic mass is 10.0.